The zero-order valence-corrected chi connectivity index (χ0v) is 15.8. The lowest BCUT2D eigenvalue weighted by Crippen LogP contribution is -2.65. The third-order valence-electron chi connectivity index (χ3n) is 5.04. The maximum atomic E-state index is 11.8. The summed E-state index contributed by atoms with van der Waals surface area (Å²) in [5.74, 6) is 0.383. The monoisotopic (exact) mass is 339 g/mol. The van der Waals surface area contributed by atoms with Crippen molar-refractivity contribution in [2.24, 2.45) is 10.4 Å². The van der Waals surface area contributed by atoms with Crippen LogP contribution in [-0.4, -0.2) is 49.9 Å². The molecule has 0 aromatic carbocycles. The van der Waals surface area contributed by atoms with Gasteiger partial charge in [0.05, 0.1) is 6.10 Å². The van der Waals surface area contributed by atoms with Crippen molar-refractivity contribution in [2.45, 2.75) is 77.5 Å². The Morgan fingerprint density at radius 2 is 1.96 bits per heavy atom. The second-order valence-corrected chi connectivity index (χ2v) is 7.83. The van der Waals surface area contributed by atoms with E-state index in [0.717, 1.165) is 13.0 Å². The minimum atomic E-state index is -0.470. The molecule has 0 bridgehead atoms. The average molecular weight is 339 g/mol. The predicted octanol–water partition coefficient (Wildman–Crippen LogP) is 2.23. The van der Waals surface area contributed by atoms with E-state index in [1.165, 1.54) is 25.7 Å². The quantitative estimate of drug-likeness (QED) is 0.456. The van der Waals surface area contributed by atoms with Crippen molar-refractivity contribution in [3.63, 3.8) is 0 Å². The average Bonchev–Trinajstić information content (AvgIpc) is 3.00. The van der Waals surface area contributed by atoms with E-state index in [1.807, 2.05) is 20.8 Å². The molecule has 0 radical (unpaired) electrons. The maximum absolute atomic E-state index is 11.8. The number of hydrogen-bond acceptors (Lipinski definition) is 4. The Balaban J connectivity index is 1.86. The lowest BCUT2D eigenvalue weighted by atomic mass is 9.60. The normalized spacial score (nSPS) is 26.1. The van der Waals surface area contributed by atoms with E-state index in [2.05, 4.69) is 22.5 Å². The first-order valence-corrected chi connectivity index (χ1v) is 9.11. The Hall–Kier alpha value is -1.30. The number of carbonyl (C=O) groups excluding carboxylic acids is 1. The van der Waals surface area contributed by atoms with Gasteiger partial charge >= 0.3 is 5.97 Å². The number of ether oxygens (including phenoxy) is 2. The number of nitrogens with one attached hydrogen (secondary N) is 2. The number of carbonyl (C=O) groups is 1. The van der Waals surface area contributed by atoms with Gasteiger partial charge in [0.2, 0.25) is 0 Å². The van der Waals surface area contributed by atoms with E-state index in [1.54, 1.807) is 7.05 Å². The molecule has 6 heteroatoms. The molecular formula is C18H33N3O3. The van der Waals surface area contributed by atoms with Gasteiger partial charge < -0.3 is 20.1 Å². The highest BCUT2D eigenvalue weighted by Crippen LogP contribution is 2.54. The van der Waals surface area contributed by atoms with Crippen LogP contribution in [0.2, 0.25) is 0 Å². The van der Waals surface area contributed by atoms with Crippen molar-refractivity contribution in [3.05, 3.63) is 0 Å². The maximum Gasteiger partial charge on any atom is 0.325 e. The first-order valence-electron chi connectivity index (χ1n) is 9.11. The minimum absolute atomic E-state index is 0.117. The van der Waals surface area contributed by atoms with E-state index in [0.29, 0.717) is 18.1 Å². The summed E-state index contributed by atoms with van der Waals surface area (Å²) < 4.78 is 11.3. The molecular weight excluding hydrogens is 306 g/mol. The molecule has 0 amide bonds. The highest BCUT2D eigenvalue weighted by atomic mass is 16.6. The van der Waals surface area contributed by atoms with Crippen molar-refractivity contribution < 1.29 is 14.3 Å². The van der Waals surface area contributed by atoms with E-state index in [-0.39, 0.29) is 17.9 Å². The molecule has 24 heavy (non-hydrogen) atoms. The van der Waals surface area contributed by atoms with Crippen LogP contribution in [0.4, 0.5) is 0 Å². The first-order chi connectivity index (χ1) is 11.3. The van der Waals surface area contributed by atoms with Gasteiger partial charge in [0.1, 0.15) is 12.1 Å². The van der Waals surface area contributed by atoms with Gasteiger partial charge in [0.25, 0.3) is 0 Å². The number of guanidine groups is 1. The molecule has 138 valence electrons. The fraction of sp³-hybridized carbons (Fsp3) is 0.889. The molecule has 0 aliphatic heterocycles. The fourth-order valence-electron chi connectivity index (χ4n) is 3.98. The van der Waals surface area contributed by atoms with Crippen molar-refractivity contribution in [2.75, 3.05) is 20.2 Å². The zero-order valence-electron chi connectivity index (χ0n) is 15.8. The van der Waals surface area contributed by atoms with Gasteiger partial charge in [0.15, 0.2) is 5.96 Å². The molecule has 2 aliphatic rings. The SMILES string of the molecule is CCOC1CC(NC(=NC)NCC(=O)OC(C)(C)C)C12CCCC2. The third-order valence-corrected chi connectivity index (χ3v) is 5.04. The van der Waals surface area contributed by atoms with Crippen LogP contribution in [0.3, 0.4) is 0 Å². The summed E-state index contributed by atoms with van der Waals surface area (Å²) in [5, 5.41) is 6.56. The Bertz CT molecular complexity index is 465. The fourth-order valence-corrected chi connectivity index (χ4v) is 3.98. The van der Waals surface area contributed by atoms with Gasteiger partial charge in [0, 0.05) is 25.1 Å². The van der Waals surface area contributed by atoms with Crippen LogP contribution in [-0.2, 0) is 14.3 Å². The molecule has 2 atom stereocenters. The summed E-state index contributed by atoms with van der Waals surface area (Å²) in [4.78, 5) is 16.1. The van der Waals surface area contributed by atoms with Crippen LogP contribution in [0.5, 0.6) is 0 Å². The highest BCUT2D eigenvalue weighted by molar-refractivity contribution is 5.84. The lowest BCUT2D eigenvalue weighted by Gasteiger charge is -2.54. The van der Waals surface area contributed by atoms with Crippen molar-refractivity contribution in [1.29, 1.82) is 0 Å². The van der Waals surface area contributed by atoms with Crippen molar-refractivity contribution in [3.8, 4) is 0 Å². The number of nitrogens with zero attached hydrogens (tertiary/aromatic N) is 1. The third kappa shape index (κ3) is 4.41. The predicted molar refractivity (Wildman–Crippen MR) is 95.1 cm³/mol. The molecule has 0 aromatic heterocycles. The summed E-state index contributed by atoms with van der Waals surface area (Å²) in [6.07, 6.45) is 6.31. The molecule has 6 nitrogen and oxygen atoms in total. The molecule has 2 unspecified atom stereocenters. The molecule has 2 rings (SSSR count). The van der Waals surface area contributed by atoms with Gasteiger partial charge in [-0.3, -0.25) is 9.79 Å². The molecule has 1 spiro atoms. The second kappa shape index (κ2) is 7.72. The lowest BCUT2D eigenvalue weighted by molar-refractivity contribution is -0.153. The molecule has 2 N–H and O–H groups in total. The molecule has 2 fully saturated rings. The first kappa shape index (κ1) is 19.0. The number of hydrogen-bond donors (Lipinski definition) is 2. The Labute approximate surface area is 145 Å². The Kier molecular flexibility index (Phi) is 6.12. The number of rotatable bonds is 5. The van der Waals surface area contributed by atoms with Crippen molar-refractivity contribution in [1.82, 2.24) is 10.6 Å². The van der Waals surface area contributed by atoms with E-state index >= 15 is 0 Å². The summed E-state index contributed by atoms with van der Waals surface area (Å²) in [6, 6.07) is 0.362. The standard InChI is InChI=1S/C18H33N3O3/c1-6-23-14-11-13(18(14)9-7-8-10-18)21-16(19-5)20-12-15(22)24-17(2,3)4/h13-14H,6-12H2,1-5H3,(H2,19,20,21). The minimum Gasteiger partial charge on any atom is -0.459 e. The van der Waals surface area contributed by atoms with Crippen LogP contribution in [0.25, 0.3) is 0 Å². The number of esters is 1. The highest BCUT2D eigenvalue weighted by Gasteiger charge is 2.56. The largest absolute Gasteiger partial charge is 0.459 e. The Morgan fingerprint density at radius 3 is 2.50 bits per heavy atom. The smallest absolute Gasteiger partial charge is 0.325 e. The Morgan fingerprint density at radius 1 is 1.29 bits per heavy atom. The summed E-state index contributed by atoms with van der Waals surface area (Å²) >= 11 is 0. The summed E-state index contributed by atoms with van der Waals surface area (Å²) in [5.41, 5.74) is -0.234. The van der Waals surface area contributed by atoms with Gasteiger partial charge in [-0.15, -0.1) is 0 Å². The van der Waals surface area contributed by atoms with E-state index in [4.69, 9.17) is 9.47 Å². The topological polar surface area (TPSA) is 72.0 Å². The summed E-state index contributed by atoms with van der Waals surface area (Å²) in [6.45, 7) is 8.54. The van der Waals surface area contributed by atoms with Crippen LogP contribution >= 0.6 is 0 Å². The van der Waals surface area contributed by atoms with E-state index in [9.17, 15) is 4.79 Å². The van der Waals surface area contributed by atoms with Gasteiger partial charge in [-0.2, -0.15) is 0 Å². The zero-order chi connectivity index (χ0) is 17.8. The van der Waals surface area contributed by atoms with Crippen LogP contribution in [0, 0.1) is 5.41 Å². The van der Waals surface area contributed by atoms with Crippen LogP contribution in [0.1, 0.15) is 59.8 Å². The molecule has 0 heterocycles. The summed E-state index contributed by atoms with van der Waals surface area (Å²) in [7, 11) is 1.73. The molecule has 0 aromatic rings. The molecule has 2 aliphatic carbocycles. The van der Waals surface area contributed by atoms with Gasteiger partial charge in [-0.1, -0.05) is 12.8 Å². The van der Waals surface area contributed by atoms with Crippen LogP contribution in [0.15, 0.2) is 4.99 Å². The van der Waals surface area contributed by atoms with Gasteiger partial charge in [-0.25, -0.2) is 0 Å². The van der Waals surface area contributed by atoms with E-state index < -0.39 is 5.60 Å². The van der Waals surface area contributed by atoms with Gasteiger partial charge in [-0.05, 0) is 47.0 Å². The molecule has 0 saturated heterocycles. The molecule has 2 saturated carbocycles. The number of aliphatic imine (C=N–C) groups is 1. The van der Waals surface area contributed by atoms with Crippen LogP contribution < -0.4 is 10.6 Å². The van der Waals surface area contributed by atoms with Crippen molar-refractivity contribution >= 4 is 11.9 Å². The second-order valence-electron chi connectivity index (χ2n) is 7.83.